The Morgan fingerprint density at radius 2 is 2.13 bits per heavy atom. The van der Waals surface area contributed by atoms with Gasteiger partial charge in [-0.15, -0.1) is 0 Å². The Balaban J connectivity index is 4.63. The van der Waals surface area contributed by atoms with Crippen molar-refractivity contribution >= 4 is 16.0 Å². The van der Waals surface area contributed by atoms with Gasteiger partial charge < -0.3 is 5.11 Å². The number of carbonyl (C=O) groups is 1. The van der Waals surface area contributed by atoms with Crippen LogP contribution in [0.1, 0.15) is 26.7 Å². The summed E-state index contributed by atoms with van der Waals surface area (Å²) >= 11 is 0. The van der Waals surface area contributed by atoms with E-state index in [1.807, 2.05) is 6.07 Å². The topological polar surface area (TPSA) is 107 Å². The Morgan fingerprint density at radius 3 is 2.47 bits per heavy atom. The van der Waals surface area contributed by atoms with Crippen LogP contribution in [0.3, 0.4) is 0 Å². The molecule has 7 heteroatoms. The van der Waals surface area contributed by atoms with Crippen LogP contribution in [-0.4, -0.2) is 30.8 Å². The van der Waals surface area contributed by atoms with E-state index in [1.165, 1.54) is 0 Å². The van der Waals surface area contributed by atoms with Crippen LogP contribution < -0.4 is 4.72 Å². The largest absolute Gasteiger partial charge is 0.480 e. The minimum Gasteiger partial charge on any atom is -0.480 e. The van der Waals surface area contributed by atoms with E-state index >= 15 is 0 Å². The lowest BCUT2D eigenvalue weighted by molar-refractivity contribution is -0.136. The molecule has 2 atom stereocenters. The molecule has 0 aromatic carbocycles. The summed E-state index contributed by atoms with van der Waals surface area (Å²) in [7, 11) is -3.89. The van der Waals surface area contributed by atoms with Gasteiger partial charge in [0, 0.05) is 6.04 Å². The lowest BCUT2D eigenvalue weighted by atomic mass is 10.2. The van der Waals surface area contributed by atoms with Gasteiger partial charge in [-0.1, -0.05) is 6.92 Å². The molecule has 0 aromatic heterocycles. The molecule has 0 saturated carbocycles. The number of rotatable bonds is 6. The number of hydrogen-bond acceptors (Lipinski definition) is 4. The van der Waals surface area contributed by atoms with Crippen molar-refractivity contribution in [1.82, 2.24) is 4.72 Å². The van der Waals surface area contributed by atoms with E-state index in [2.05, 4.69) is 4.72 Å². The summed E-state index contributed by atoms with van der Waals surface area (Å²) in [5, 5.41) is 15.5. The molecule has 86 valence electrons. The van der Waals surface area contributed by atoms with Crippen molar-refractivity contribution in [1.29, 1.82) is 5.26 Å². The quantitative estimate of drug-likeness (QED) is 0.676. The maximum atomic E-state index is 11.4. The fourth-order valence-corrected chi connectivity index (χ4v) is 2.03. The molecule has 0 radical (unpaired) electrons. The Hall–Kier alpha value is -1.13. The first-order chi connectivity index (χ1) is 6.85. The predicted molar refractivity (Wildman–Crippen MR) is 53.5 cm³/mol. The lowest BCUT2D eigenvalue weighted by Gasteiger charge is -2.15. The summed E-state index contributed by atoms with van der Waals surface area (Å²) in [6, 6.07) is 1.31. The van der Waals surface area contributed by atoms with Crippen LogP contribution in [0.25, 0.3) is 0 Å². The van der Waals surface area contributed by atoms with Crippen molar-refractivity contribution in [2.75, 3.05) is 0 Å². The van der Waals surface area contributed by atoms with Gasteiger partial charge in [0.1, 0.15) is 0 Å². The number of hydrogen-bond donors (Lipinski definition) is 2. The number of carboxylic acids is 1. The number of sulfonamides is 1. The number of nitriles is 1. The SMILES string of the molecule is CCC(CC#N)NS(=O)(=O)C(C)C(=O)O. The van der Waals surface area contributed by atoms with Crippen molar-refractivity contribution in [3.05, 3.63) is 0 Å². The molecule has 0 rings (SSSR count). The fraction of sp³-hybridized carbons (Fsp3) is 0.750. The zero-order valence-corrected chi connectivity index (χ0v) is 9.41. The first-order valence-corrected chi connectivity index (χ1v) is 6.00. The minimum absolute atomic E-state index is 0.0298. The Kier molecular flexibility index (Phi) is 5.25. The van der Waals surface area contributed by atoms with Gasteiger partial charge in [0.15, 0.2) is 5.25 Å². The second-order valence-corrected chi connectivity index (χ2v) is 5.14. The minimum atomic E-state index is -3.89. The van der Waals surface area contributed by atoms with Crippen molar-refractivity contribution in [2.24, 2.45) is 0 Å². The van der Waals surface area contributed by atoms with Crippen molar-refractivity contribution in [3.63, 3.8) is 0 Å². The van der Waals surface area contributed by atoms with Crippen LogP contribution in [0.4, 0.5) is 0 Å². The highest BCUT2D eigenvalue weighted by Gasteiger charge is 2.29. The highest BCUT2D eigenvalue weighted by Crippen LogP contribution is 2.04. The zero-order chi connectivity index (χ0) is 12.1. The standard InChI is InChI=1S/C8H14N2O4S/c1-3-7(4-5-9)10-15(13,14)6(2)8(11)12/h6-7,10H,3-4H2,1-2H3,(H,11,12). The van der Waals surface area contributed by atoms with E-state index in [0.29, 0.717) is 6.42 Å². The van der Waals surface area contributed by atoms with Gasteiger partial charge in [-0.2, -0.15) is 5.26 Å². The van der Waals surface area contributed by atoms with Gasteiger partial charge in [0.25, 0.3) is 0 Å². The molecule has 0 aliphatic carbocycles. The zero-order valence-electron chi connectivity index (χ0n) is 8.60. The van der Waals surface area contributed by atoms with E-state index in [4.69, 9.17) is 10.4 Å². The molecule has 2 unspecified atom stereocenters. The first kappa shape index (κ1) is 13.9. The number of aliphatic carboxylic acids is 1. The summed E-state index contributed by atoms with van der Waals surface area (Å²) in [6.45, 7) is 2.81. The Labute approximate surface area is 89.0 Å². The summed E-state index contributed by atoms with van der Waals surface area (Å²) in [4.78, 5) is 10.5. The Bertz CT molecular complexity index is 357. The van der Waals surface area contributed by atoms with Gasteiger partial charge >= 0.3 is 5.97 Å². The third kappa shape index (κ3) is 4.27. The van der Waals surface area contributed by atoms with Crippen LogP contribution in [0.2, 0.25) is 0 Å². The molecule has 0 aliphatic rings. The summed E-state index contributed by atoms with van der Waals surface area (Å²) in [6.07, 6.45) is 0.473. The molecular formula is C8H14N2O4S. The maximum Gasteiger partial charge on any atom is 0.323 e. The summed E-state index contributed by atoms with van der Waals surface area (Å²) in [5.41, 5.74) is 0. The molecule has 6 nitrogen and oxygen atoms in total. The monoisotopic (exact) mass is 234 g/mol. The summed E-state index contributed by atoms with van der Waals surface area (Å²) < 4.78 is 25.0. The predicted octanol–water partition coefficient (Wildman–Crippen LogP) is 0.0712. The molecule has 0 aromatic rings. The van der Waals surface area contributed by atoms with Crippen LogP contribution in [-0.2, 0) is 14.8 Å². The molecule has 0 bridgehead atoms. The molecule has 2 N–H and O–H groups in total. The highest BCUT2D eigenvalue weighted by atomic mass is 32.2. The van der Waals surface area contributed by atoms with Gasteiger partial charge in [-0.3, -0.25) is 4.79 Å². The molecule has 15 heavy (non-hydrogen) atoms. The normalized spacial score (nSPS) is 15.3. The first-order valence-electron chi connectivity index (χ1n) is 4.46. The number of nitrogens with zero attached hydrogens (tertiary/aromatic N) is 1. The van der Waals surface area contributed by atoms with Crippen molar-refractivity contribution in [2.45, 2.75) is 38.0 Å². The van der Waals surface area contributed by atoms with E-state index < -0.39 is 27.3 Å². The third-order valence-electron chi connectivity index (χ3n) is 1.97. The number of nitrogens with one attached hydrogen (secondary N) is 1. The molecular weight excluding hydrogens is 220 g/mol. The molecule has 0 amide bonds. The van der Waals surface area contributed by atoms with Gasteiger partial charge in [-0.25, -0.2) is 13.1 Å². The number of carboxylic acid groups (broad SMARTS) is 1. The highest BCUT2D eigenvalue weighted by molar-refractivity contribution is 7.90. The molecule has 0 spiro atoms. The summed E-state index contributed by atoms with van der Waals surface area (Å²) in [5.74, 6) is -1.41. The van der Waals surface area contributed by atoms with E-state index in [1.54, 1.807) is 6.92 Å². The van der Waals surface area contributed by atoms with E-state index in [-0.39, 0.29) is 6.42 Å². The van der Waals surface area contributed by atoms with Crippen LogP contribution in [0.15, 0.2) is 0 Å². The molecule has 0 saturated heterocycles. The van der Waals surface area contributed by atoms with Crippen LogP contribution >= 0.6 is 0 Å². The smallest absolute Gasteiger partial charge is 0.323 e. The molecule has 0 fully saturated rings. The third-order valence-corrected chi connectivity index (χ3v) is 3.77. The average molecular weight is 234 g/mol. The fourth-order valence-electron chi connectivity index (χ4n) is 0.847. The molecule has 0 aliphatic heterocycles. The van der Waals surface area contributed by atoms with E-state index in [9.17, 15) is 13.2 Å². The second kappa shape index (κ2) is 5.68. The van der Waals surface area contributed by atoms with Crippen LogP contribution in [0.5, 0.6) is 0 Å². The second-order valence-electron chi connectivity index (χ2n) is 3.11. The van der Waals surface area contributed by atoms with Gasteiger partial charge in [-0.05, 0) is 13.3 Å². The van der Waals surface area contributed by atoms with Crippen molar-refractivity contribution in [3.8, 4) is 6.07 Å². The van der Waals surface area contributed by atoms with Crippen LogP contribution in [0, 0.1) is 11.3 Å². The van der Waals surface area contributed by atoms with Crippen molar-refractivity contribution < 1.29 is 18.3 Å². The van der Waals surface area contributed by atoms with E-state index in [0.717, 1.165) is 6.92 Å². The van der Waals surface area contributed by atoms with Gasteiger partial charge in [0.2, 0.25) is 10.0 Å². The maximum absolute atomic E-state index is 11.4. The Morgan fingerprint density at radius 1 is 1.60 bits per heavy atom. The lowest BCUT2D eigenvalue weighted by Crippen LogP contribution is -2.42. The average Bonchev–Trinajstić information content (AvgIpc) is 2.15. The molecule has 0 heterocycles. The van der Waals surface area contributed by atoms with Gasteiger partial charge in [0.05, 0.1) is 12.5 Å².